The number of hydrogen-bond donors (Lipinski definition) is 1. The minimum atomic E-state index is 0.110. The molecule has 0 unspecified atom stereocenters. The molecular formula is C9H6BrIOS. The Labute approximate surface area is 102 Å². The van der Waals surface area contributed by atoms with Crippen LogP contribution in [0.2, 0.25) is 0 Å². The van der Waals surface area contributed by atoms with Gasteiger partial charge in [-0.25, -0.2) is 0 Å². The van der Waals surface area contributed by atoms with Crippen LogP contribution >= 0.6 is 49.9 Å². The van der Waals surface area contributed by atoms with Crippen LogP contribution in [0.15, 0.2) is 22.0 Å². The second-order valence-electron chi connectivity index (χ2n) is 2.65. The molecule has 1 N–H and O–H groups in total. The van der Waals surface area contributed by atoms with Gasteiger partial charge in [0, 0.05) is 13.7 Å². The van der Waals surface area contributed by atoms with Crippen molar-refractivity contribution in [2.45, 2.75) is 6.61 Å². The molecule has 0 saturated heterocycles. The van der Waals surface area contributed by atoms with E-state index in [0.717, 1.165) is 18.3 Å². The minimum Gasteiger partial charge on any atom is -0.392 e. The summed E-state index contributed by atoms with van der Waals surface area (Å²) in [4.78, 5) is 0. The van der Waals surface area contributed by atoms with Gasteiger partial charge in [0.05, 0.1) is 10.4 Å². The topological polar surface area (TPSA) is 20.2 Å². The van der Waals surface area contributed by atoms with E-state index in [-0.39, 0.29) is 6.61 Å². The van der Waals surface area contributed by atoms with E-state index < -0.39 is 0 Å². The average molecular weight is 369 g/mol. The molecule has 68 valence electrons. The second kappa shape index (κ2) is 3.84. The van der Waals surface area contributed by atoms with Gasteiger partial charge in [-0.1, -0.05) is 0 Å². The molecule has 0 aliphatic carbocycles. The number of aliphatic hydroxyl groups is 1. The smallest absolute Gasteiger partial charge is 0.0711 e. The molecular weight excluding hydrogens is 363 g/mol. The average Bonchev–Trinajstić information content (AvgIpc) is 2.45. The normalized spacial score (nSPS) is 11.0. The molecule has 1 aromatic carbocycles. The lowest BCUT2D eigenvalue weighted by Crippen LogP contribution is -1.87. The fourth-order valence-electron chi connectivity index (χ4n) is 1.27. The Bertz CT molecular complexity index is 452. The molecule has 0 amide bonds. The number of benzene rings is 1. The number of hydrogen-bond acceptors (Lipinski definition) is 2. The molecule has 2 rings (SSSR count). The van der Waals surface area contributed by atoms with Gasteiger partial charge in [0.25, 0.3) is 0 Å². The molecule has 1 heterocycles. The van der Waals surface area contributed by atoms with Gasteiger partial charge in [0.1, 0.15) is 0 Å². The lowest BCUT2D eigenvalue weighted by molar-refractivity contribution is 0.282. The molecule has 13 heavy (non-hydrogen) atoms. The summed E-state index contributed by atoms with van der Waals surface area (Å²) in [6.07, 6.45) is 0. The van der Waals surface area contributed by atoms with Crippen molar-refractivity contribution in [2.24, 2.45) is 0 Å². The molecule has 1 aromatic heterocycles. The van der Waals surface area contributed by atoms with Crippen molar-refractivity contribution in [3.8, 4) is 0 Å². The maximum absolute atomic E-state index is 9.21. The maximum atomic E-state index is 9.21. The Balaban J connectivity index is 2.82. The Hall–Kier alpha value is 0.350. The molecule has 0 aliphatic rings. The highest BCUT2D eigenvalue weighted by atomic mass is 127. The molecule has 0 radical (unpaired) electrons. The van der Waals surface area contributed by atoms with Crippen molar-refractivity contribution in [3.05, 3.63) is 31.1 Å². The van der Waals surface area contributed by atoms with E-state index in [9.17, 15) is 5.11 Å². The van der Waals surface area contributed by atoms with Crippen LogP contribution in [0.4, 0.5) is 0 Å². The van der Waals surface area contributed by atoms with Gasteiger partial charge in [-0.05, 0) is 62.3 Å². The molecule has 0 saturated carbocycles. The van der Waals surface area contributed by atoms with Crippen LogP contribution in [-0.4, -0.2) is 5.11 Å². The van der Waals surface area contributed by atoms with Gasteiger partial charge in [-0.3, -0.25) is 0 Å². The van der Waals surface area contributed by atoms with Crippen molar-refractivity contribution in [1.82, 2.24) is 0 Å². The fourth-order valence-corrected chi connectivity index (χ4v) is 3.48. The van der Waals surface area contributed by atoms with Gasteiger partial charge in [0.15, 0.2) is 0 Å². The molecule has 0 bridgehead atoms. The number of fused-ring (bicyclic) bond motifs is 1. The molecule has 4 heteroatoms. The van der Waals surface area contributed by atoms with E-state index in [0.29, 0.717) is 0 Å². The lowest BCUT2D eigenvalue weighted by atomic mass is 10.1. The Kier molecular flexibility index (Phi) is 2.92. The summed E-state index contributed by atoms with van der Waals surface area (Å²) in [5.74, 6) is 0. The van der Waals surface area contributed by atoms with Crippen LogP contribution in [0.3, 0.4) is 0 Å². The third kappa shape index (κ3) is 1.77. The summed E-state index contributed by atoms with van der Waals surface area (Å²) in [6, 6.07) is 6.19. The zero-order chi connectivity index (χ0) is 9.42. The highest BCUT2D eigenvalue weighted by Crippen LogP contribution is 2.33. The van der Waals surface area contributed by atoms with Gasteiger partial charge >= 0.3 is 0 Å². The van der Waals surface area contributed by atoms with Crippen molar-refractivity contribution in [1.29, 1.82) is 0 Å². The highest BCUT2D eigenvalue weighted by molar-refractivity contribution is 14.1. The molecule has 0 atom stereocenters. The second-order valence-corrected chi connectivity index (χ2v) is 6.27. The maximum Gasteiger partial charge on any atom is 0.0711 e. The van der Waals surface area contributed by atoms with Gasteiger partial charge in [-0.2, -0.15) is 0 Å². The van der Waals surface area contributed by atoms with Crippen LogP contribution in [0.25, 0.3) is 10.1 Å². The SMILES string of the molecule is OCc1c(I)ccc2sc(Br)cc12. The van der Waals surface area contributed by atoms with Crippen molar-refractivity contribution < 1.29 is 5.11 Å². The number of aliphatic hydroxyl groups excluding tert-OH is 1. The summed E-state index contributed by atoms with van der Waals surface area (Å²) in [5, 5.41) is 10.4. The van der Waals surface area contributed by atoms with Crippen LogP contribution < -0.4 is 0 Å². The quantitative estimate of drug-likeness (QED) is 0.760. The summed E-state index contributed by atoms with van der Waals surface area (Å²) in [7, 11) is 0. The minimum absolute atomic E-state index is 0.110. The predicted molar refractivity (Wildman–Crippen MR) is 68.2 cm³/mol. The van der Waals surface area contributed by atoms with E-state index in [1.54, 1.807) is 11.3 Å². The standard InChI is InChI=1S/C9H6BrIOS/c10-9-3-5-6(4-12)7(11)1-2-8(5)13-9/h1-3,12H,4H2. The number of thiophene rings is 1. The van der Waals surface area contributed by atoms with E-state index in [1.165, 1.54) is 4.70 Å². The first kappa shape index (κ1) is 9.89. The van der Waals surface area contributed by atoms with Gasteiger partial charge in [-0.15, -0.1) is 11.3 Å². The molecule has 0 fully saturated rings. The highest BCUT2D eigenvalue weighted by Gasteiger charge is 2.07. The zero-order valence-electron chi connectivity index (χ0n) is 6.55. The number of halogens is 2. The van der Waals surface area contributed by atoms with E-state index >= 15 is 0 Å². The summed E-state index contributed by atoms with van der Waals surface area (Å²) in [5.41, 5.74) is 1.03. The van der Waals surface area contributed by atoms with E-state index in [4.69, 9.17) is 0 Å². The van der Waals surface area contributed by atoms with Gasteiger partial charge < -0.3 is 5.11 Å². The van der Waals surface area contributed by atoms with Crippen molar-refractivity contribution in [2.75, 3.05) is 0 Å². The van der Waals surface area contributed by atoms with Crippen LogP contribution in [0, 0.1) is 3.57 Å². The Morgan fingerprint density at radius 3 is 2.92 bits per heavy atom. The Morgan fingerprint density at radius 1 is 1.46 bits per heavy atom. The predicted octanol–water partition coefficient (Wildman–Crippen LogP) is 3.76. The first-order valence-electron chi connectivity index (χ1n) is 3.69. The monoisotopic (exact) mass is 368 g/mol. The third-order valence-electron chi connectivity index (χ3n) is 1.88. The van der Waals surface area contributed by atoms with Crippen LogP contribution in [0.5, 0.6) is 0 Å². The summed E-state index contributed by atoms with van der Waals surface area (Å²) in [6.45, 7) is 0.110. The zero-order valence-corrected chi connectivity index (χ0v) is 11.1. The summed E-state index contributed by atoms with van der Waals surface area (Å²) < 4.78 is 3.45. The van der Waals surface area contributed by atoms with Crippen molar-refractivity contribution >= 4 is 59.9 Å². The number of rotatable bonds is 1. The van der Waals surface area contributed by atoms with Crippen molar-refractivity contribution in [3.63, 3.8) is 0 Å². The molecule has 0 spiro atoms. The fraction of sp³-hybridized carbons (Fsp3) is 0.111. The molecule has 2 aromatic rings. The largest absolute Gasteiger partial charge is 0.392 e. The van der Waals surface area contributed by atoms with Gasteiger partial charge in [0.2, 0.25) is 0 Å². The first-order chi connectivity index (χ1) is 6.22. The molecule has 1 nitrogen and oxygen atoms in total. The molecule has 0 aliphatic heterocycles. The summed E-state index contributed by atoms with van der Waals surface area (Å²) >= 11 is 7.39. The van der Waals surface area contributed by atoms with E-state index in [2.05, 4.69) is 50.7 Å². The van der Waals surface area contributed by atoms with E-state index in [1.807, 2.05) is 6.07 Å². The lowest BCUT2D eigenvalue weighted by Gasteiger charge is -2.01. The third-order valence-corrected chi connectivity index (χ3v) is 4.50. The van der Waals surface area contributed by atoms with Crippen LogP contribution in [-0.2, 0) is 6.61 Å². The van der Waals surface area contributed by atoms with Crippen LogP contribution in [0.1, 0.15) is 5.56 Å². The Morgan fingerprint density at radius 2 is 2.23 bits per heavy atom. The first-order valence-corrected chi connectivity index (χ1v) is 6.38.